The number of rotatable bonds is 5. The van der Waals surface area contributed by atoms with Crippen LogP contribution in [0.4, 0.5) is 11.4 Å². The van der Waals surface area contributed by atoms with E-state index in [1.54, 1.807) is 0 Å². The summed E-state index contributed by atoms with van der Waals surface area (Å²) in [5, 5.41) is 7.22. The molecular weight excluding hydrogens is 288 g/mol. The van der Waals surface area contributed by atoms with Crippen LogP contribution in [0.2, 0.25) is 0 Å². The molecule has 2 aromatic rings. The average Bonchev–Trinajstić information content (AvgIpc) is 2.51. The highest BCUT2D eigenvalue weighted by molar-refractivity contribution is 6.00. The fourth-order valence-corrected chi connectivity index (χ4v) is 2.20. The van der Waals surface area contributed by atoms with E-state index >= 15 is 0 Å². The lowest BCUT2D eigenvalue weighted by Crippen LogP contribution is -2.27. The van der Waals surface area contributed by atoms with Gasteiger partial charge in [-0.05, 0) is 50.1 Å². The maximum atomic E-state index is 11.9. The first-order valence-corrected chi connectivity index (χ1v) is 7.46. The van der Waals surface area contributed by atoms with Gasteiger partial charge in [-0.1, -0.05) is 29.8 Å². The number of aryl methyl sites for hydroxylation is 2. The Balaban J connectivity index is 1.90. The summed E-state index contributed by atoms with van der Waals surface area (Å²) in [6.07, 6.45) is 0. The maximum Gasteiger partial charge on any atom is 0.259 e. The van der Waals surface area contributed by atoms with Crippen molar-refractivity contribution in [1.82, 2.24) is 5.43 Å². The summed E-state index contributed by atoms with van der Waals surface area (Å²) < 4.78 is 0. The van der Waals surface area contributed by atoms with Crippen LogP contribution in [0, 0.1) is 13.8 Å². The molecule has 0 atom stereocenters. The van der Waals surface area contributed by atoms with Gasteiger partial charge in [-0.25, -0.2) is 5.43 Å². The normalized spacial score (nSPS) is 11.2. The highest BCUT2D eigenvalue weighted by atomic mass is 16.2. The molecule has 0 heterocycles. The number of benzene rings is 2. The van der Waals surface area contributed by atoms with E-state index in [-0.39, 0.29) is 12.5 Å². The standard InChI is InChI=1S/C18H22N4O/c1-12-7-8-17(13(2)9-12)20-11-18(23)22-21-14(3)15-5-4-6-16(19)10-15/h4-10,20H,11,19H2,1-3H3,(H,22,23)/b21-14+. The Morgan fingerprint density at radius 2 is 1.96 bits per heavy atom. The molecule has 0 unspecified atom stereocenters. The van der Waals surface area contributed by atoms with E-state index in [1.807, 2.05) is 57.2 Å². The maximum absolute atomic E-state index is 11.9. The minimum Gasteiger partial charge on any atom is -0.399 e. The minimum atomic E-state index is -0.201. The monoisotopic (exact) mass is 310 g/mol. The first-order valence-electron chi connectivity index (χ1n) is 7.46. The molecule has 0 radical (unpaired) electrons. The summed E-state index contributed by atoms with van der Waals surface area (Å²) in [6, 6.07) is 13.4. The largest absolute Gasteiger partial charge is 0.399 e. The number of anilines is 2. The van der Waals surface area contributed by atoms with Crippen molar-refractivity contribution >= 4 is 23.0 Å². The molecule has 0 aromatic heterocycles. The summed E-state index contributed by atoms with van der Waals surface area (Å²) in [5.74, 6) is -0.201. The fraction of sp³-hybridized carbons (Fsp3) is 0.222. The predicted molar refractivity (Wildman–Crippen MR) is 95.6 cm³/mol. The van der Waals surface area contributed by atoms with Gasteiger partial charge in [0, 0.05) is 11.4 Å². The number of nitrogens with two attached hydrogens (primary N) is 1. The quantitative estimate of drug-likeness (QED) is 0.451. The van der Waals surface area contributed by atoms with E-state index in [9.17, 15) is 4.79 Å². The second kappa shape index (κ2) is 7.45. The summed E-state index contributed by atoms with van der Waals surface area (Å²) >= 11 is 0. The van der Waals surface area contributed by atoms with Crippen LogP contribution in [0.5, 0.6) is 0 Å². The van der Waals surface area contributed by atoms with Crippen molar-refractivity contribution in [2.75, 3.05) is 17.6 Å². The van der Waals surface area contributed by atoms with Crippen molar-refractivity contribution in [2.45, 2.75) is 20.8 Å². The molecule has 120 valence electrons. The van der Waals surface area contributed by atoms with Crippen LogP contribution in [0.25, 0.3) is 0 Å². The predicted octanol–water partition coefficient (Wildman–Crippen LogP) is 2.84. The van der Waals surface area contributed by atoms with E-state index in [0.29, 0.717) is 11.4 Å². The molecule has 2 aromatic carbocycles. The SMILES string of the molecule is C/C(=N\NC(=O)CNc1ccc(C)cc1C)c1cccc(N)c1. The van der Waals surface area contributed by atoms with Gasteiger partial charge in [-0.2, -0.15) is 5.10 Å². The van der Waals surface area contributed by atoms with Gasteiger partial charge in [0.2, 0.25) is 0 Å². The van der Waals surface area contributed by atoms with Crippen LogP contribution in [0.15, 0.2) is 47.6 Å². The van der Waals surface area contributed by atoms with E-state index in [0.717, 1.165) is 16.8 Å². The molecule has 0 bridgehead atoms. The first kappa shape index (κ1) is 16.5. The molecule has 0 aliphatic carbocycles. The number of hydrogen-bond acceptors (Lipinski definition) is 4. The molecule has 5 heteroatoms. The van der Waals surface area contributed by atoms with Crippen molar-refractivity contribution in [3.63, 3.8) is 0 Å². The van der Waals surface area contributed by atoms with Crippen LogP contribution in [-0.4, -0.2) is 18.2 Å². The molecule has 4 N–H and O–H groups in total. The van der Waals surface area contributed by atoms with Gasteiger partial charge in [0.25, 0.3) is 5.91 Å². The van der Waals surface area contributed by atoms with Gasteiger partial charge >= 0.3 is 0 Å². The molecule has 0 fully saturated rings. The van der Waals surface area contributed by atoms with Gasteiger partial charge in [-0.15, -0.1) is 0 Å². The Bertz CT molecular complexity index is 738. The molecule has 0 saturated heterocycles. The molecule has 23 heavy (non-hydrogen) atoms. The van der Waals surface area contributed by atoms with Crippen molar-refractivity contribution < 1.29 is 4.79 Å². The first-order chi connectivity index (χ1) is 11.0. The minimum absolute atomic E-state index is 0.164. The van der Waals surface area contributed by atoms with E-state index in [4.69, 9.17) is 5.73 Å². The summed E-state index contributed by atoms with van der Waals surface area (Å²) in [6.45, 7) is 6.04. The molecular formula is C18H22N4O. The van der Waals surface area contributed by atoms with Crippen molar-refractivity contribution in [3.8, 4) is 0 Å². The van der Waals surface area contributed by atoms with Gasteiger partial charge in [-0.3, -0.25) is 4.79 Å². The smallest absolute Gasteiger partial charge is 0.259 e. The Labute approximate surface area is 136 Å². The Morgan fingerprint density at radius 3 is 2.65 bits per heavy atom. The molecule has 0 aliphatic rings. The van der Waals surface area contributed by atoms with E-state index < -0.39 is 0 Å². The van der Waals surface area contributed by atoms with E-state index in [2.05, 4.69) is 21.9 Å². The van der Waals surface area contributed by atoms with Crippen LogP contribution >= 0.6 is 0 Å². The zero-order valence-corrected chi connectivity index (χ0v) is 13.7. The van der Waals surface area contributed by atoms with Crippen LogP contribution in [0.1, 0.15) is 23.6 Å². The fourth-order valence-electron chi connectivity index (χ4n) is 2.20. The summed E-state index contributed by atoms with van der Waals surface area (Å²) in [5.41, 5.74) is 13.8. The van der Waals surface area contributed by atoms with Crippen molar-refractivity contribution in [1.29, 1.82) is 0 Å². The van der Waals surface area contributed by atoms with Crippen LogP contribution in [-0.2, 0) is 4.79 Å². The number of amides is 1. The Hall–Kier alpha value is -2.82. The number of nitrogens with one attached hydrogen (secondary N) is 2. The Morgan fingerprint density at radius 1 is 1.17 bits per heavy atom. The topological polar surface area (TPSA) is 79.5 Å². The molecule has 2 rings (SSSR count). The summed E-state index contributed by atoms with van der Waals surface area (Å²) in [4.78, 5) is 11.9. The second-order valence-electron chi connectivity index (χ2n) is 5.53. The molecule has 0 saturated carbocycles. The van der Waals surface area contributed by atoms with Crippen LogP contribution < -0.4 is 16.5 Å². The third-order valence-electron chi connectivity index (χ3n) is 3.47. The lowest BCUT2D eigenvalue weighted by molar-refractivity contribution is -0.119. The lowest BCUT2D eigenvalue weighted by Gasteiger charge is -2.09. The lowest BCUT2D eigenvalue weighted by atomic mass is 10.1. The van der Waals surface area contributed by atoms with Gasteiger partial charge in [0.05, 0.1) is 12.3 Å². The molecule has 1 amide bonds. The van der Waals surface area contributed by atoms with Gasteiger partial charge < -0.3 is 11.1 Å². The number of hydrazone groups is 1. The number of nitrogens with zero attached hydrogens (tertiary/aromatic N) is 1. The molecule has 5 nitrogen and oxygen atoms in total. The third kappa shape index (κ3) is 4.85. The zero-order chi connectivity index (χ0) is 16.8. The molecule has 0 aliphatic heterocycles. The summed E-state index contributed by atoms with van der Waals surface area (Å²) in [7, 11) is 0. The third-order valence-corrected chi connectivity index (χ3v) is 3.47. The number of hydrogen-bond donors (Lipinski definition) is 3. The van der Waals surface area contributed by atoms with Crippen LogP contribution in [0.3, 0.4) is 0 Å². The Kier molecular flexibility index (Phi) is 5.36. The van der Waals surface area contributed by atoms with E-state index in [1.165, 1.54) is 5.56 Å². The zero-order valence-electron chi connectivity index (χ0n) is 13.7. The highest BCUT2D eigenvalue weighted by Crippen LogP contribution is 2.15. The number of carbonyl (C=O) groups excluding carboxylic acids is 1. The number of carbonyl (C=O) groups is 1. The molecule has 0 spiro atoms. The van der Waals surface area contributed by atoms with Crippen molar-refractivity contribution in [3.05, 3.63) is 59.2 Å². The average molecular weight is 310 g/mol. The van der Waals surface area contributed by atoms with Gasteiger partial charge in [0.15, 0.2) is 0 Å². The van der Waals surface area contributed by atoms with Crippen molar-refractivity contribution in [2.24, 2.45) is 5.10 Å². The second-order valence-corrected chi connectivity index (χ2v) is 5.53. The number of nitrogen functional groups attached to an aromatic ring is 1. The van der Waals surface area contributed by atoms with Gasteiger partial charge in [0.1, 0.15) is 0 Å². The highest BCUT2D eigenvalue weighted by Gasteiger charge is 2.03.